The van der Waals surface area contributed by atoms with Gasteiger partial charge in [0.25, 0.3) is 0 Å². The van der Waals surface area contributed by atoms with Crippen LogP contribution in [-0.4, -0.2) is 27.8 Å². The zero-order chi connectivity index (χ0) is 22.7. The predicted molar refractivity (Wildman–Crippen MR) is 125 cm³/mol. The number of hydrogen-bond donors (Lipinski definition) is 1. The van der Waals surface area contributed by atoms with Crippen LogP contribution in [0.3, 0.4) is 0 Å². The summed E-state index contributed by atoms with van der Waals surface area (Å²) in [6.45, 7) is 5.66. The average molecular weight is 515 g/mol. The van der Waals surface area contributed by atoms with Gasteiger partial charge in [-0.2, -0.15) is 0 Å². The van der Waals surface area contributed by atoms with Crippen molar-refractivity contribution < 1.29 is 19.4 Å². The highest BCUT2D eigenvalue weighted by Crippen LogP contribution is 2.69. The lowest BCUT2D eigenvalue weighted by atomic mass is 9.71. The Kier molecular flexibility index (Phi) is 5.08. The van der Waals surface area contributed by atoms with Crippen molar-refractivity contribution in [2.24, 2.45) is 5.92 Å². The molecule has 2 aliphatic heterocycles. The van der Waals surface area contributed by atoms with E-state index in [1.54, 1.807) is 12.1 Å². The van der Waals surface area contributed by atoms with E-state index in [1.807, 2.05) is 49.4 Å². The van der Waals surface area contributed by atoms with E-state index in [2.05, 4.69) is 27.5 Å². The number of fused-ring (bicyclic) bond motifs is 5. The van der Waals surface area contributed by atoms with Crippen LogP contribution >= 0.6 is 27.5 Å². The van der Waals surface area contributed by atoms with Gasteiger partial charge in [-0.1, -0.05) is 76.1 Å². The van der Waals surface area contributed by atoms with E-state index in [9.17, 15) is 9.90 Å². The summed E-state index contributed by atoms with van der Waals surface area (Å²) >= 11 is 9.73. The number of aliphatic hydroxyl groups is 1. The van der Waals surface area contributed by atoms with E-state index in [0.29, 0.717) is 22.9 Å². The van der Waals surface area contributed by atoms with Crippen molar-refractivity contribution in [3.8, 4) is 5.75 Å². The number of allylic oxidation sites excluding steroid dienone is 4. The molecule has 0 amide bonds. The quantitative estimate of drug-likeness (QED) is 0.338. The Hall–Kier alpha value is -2.41. The van der Waals surface area contributed by atoms with E-state index in [0.717, 1.165) is 15.6 Å². The highest BCUT2D eigenvalue weighted by Gasteiger charge is 2.82. The first-order valence-electron chi connectivity index (χ1n) is 10.3. The normalized spacial score (nSPS) is 32.9. The van der Waals surface area contributed by atoms with Gasteiger partial charge in [0, 0.05) is 18.2 Å². The van der Waals surface area contributed by atoms with Crippen molar-refractivity contribution in [2.75, 3.05) is 0 Å². The van der Waals surface area contributed by atoms with Crippen molar-refractivity contribution in [3.63, 3.8) is 0 Å². The van der Waals surface area contributed by atoms with Gasteiger partial charge in [0.1, 0.15) is 17.4 Å². The number of hydrogen-bond acceptors (Lipinski definition) is 5. The molecule has 2 fully saturated rings. The number of carbonyl (C=O) groups is 1. The summed E-state index contributed by atoms with van der Waals surface area (Å²) in [7, 11) is 0. The van der Waals surface area contributed by atoms with Gasteiger partial charge < -0.3 is 14.6 Å². The largest absolute Gasteiger partial charge is 0.476 e. The average Bonchev–Trinajstić information content (AvgIpc) is 3.13. The molecule has 1 saturated carbocycles. The first-order valence-corrected chi connectivity index (χ1v) is 11.5. The Labute approximate surface area is 199 Å². The minimum absolute atomic E-state index is 0.338. The molecule has 0 bridgehead atoms. The van der Waals surface area contributed by atoms with Crippen LogP contribution in [0.4, 0.5) is 0 Å². The van der Waals surface area contributed by atoms with Crippen molar-refractivity contribution in [3.05, 3.63) is 93.7 Å². The fraction of sp³-hybridized carbons (Fsp3) is 0.280. The fourth-order valence-electron chi connectivity index (χ4n) is 5.37. The summed E-state index contributed by atoms with van der Waals surface area (Å²) in [5.74, 6) is -0.988. The van der Waals surface area contributed by atoms with Crippen LogP contribution in [0, 0.1) is 5.92 Å². The summed E-state index contributed by atoms with van der Waals surface area (Å²) in [6, 6.07) is 11.3. The molecule has 1 N–H and O–H groups in total. The lowest BCUT2D eigenvalue weighted by molar-refractivity contribution is -0.210. The molecule has 3 heterocycles. The fourth-order valence-corrected chi connectivity index (χ4v) is 5.88. The smallest absolute Gasteiger partial charge is 0.314 e. The Morgan fingerprint density at radius 1 is 1.34 bits per heavy atom. The van der Waals surface area contributed by atoms with Crippen molar-refractivity contribution in [1.29, 1.82) is 0 Å². The molecular formula is C25H21BrClNO4. The molecule has 5 atom stereocenters. The zero-order valence-electron chi connectivity index (χ0n) is 17.3. The number of rotatable bonds is 5. The lowest BCUT2D eigenvalue weighted by Crippen LogP contribution is -2.57. The molecule has 5 nitrogen and oxygen atoms in total. The Balaban J connectivity index is 1.77. The number of ether oxygens (including phenoxy) is 2. The number of esters is 1. The molecule has 0 radical (unpaired) electrons. The maximum atomic E-state index is 12.7. The standard InChI is InChI=1S/C25H21BrClNO4/c1-3-7-16(26)11-10-14(2)25-20(15-8-5-4-6-9-15)19-22(31-23(19)29)24(25,30)21-18(32-25)12-17(27)13-28-21/h3-6,8-13,19-20,22,30H,1,7H2,2H3/b14-10+,16-11+/t19-,20-,22-,24+,25+/m1/s1. The summed E-state index contributed by atoms with van der Waals surface area (Å²) in [5.41, 5.74) is -0.991. The second-order valence-electron chi connectivity index (χ2n) is 8.33. The minimum atomic E-state index is -1.66. The van der Waals surface area contributed by atoms with Gasteiger partial charge in [0.15, 0.2) is 17.3 Å². The Morgan fingerprint density at radius 2 is 2.09 bits per heavy atom. The molecule has 32 heavy (non-hydrogen) atoms. The van der Waals surface area contributed by atoms with Crippen LogP contribution in [0.5, 0.6) is 5.75 Å². The second kappa shape index (κ2) is 7.58. The summed E-state index contributed by atoms with van der Waals surface area (Å²) in [4.78, 5) is 17.1. The molecule has 0 unspecified atom stereocenters. The third kappa shape index (κ3) is 2.73. The molecule has 5 rings (SSSR count). The molecule has 1 aromatic heterocycles. The topological polar surface area (TPSA) is 68.7 Å². The van der Waals surface area contributed by atoms with Crippen LogP contribution in [0.1, 0.15) is 30.5 Å². The van der Waals surface area contributed by atoms with Crippen LogP contribution in [-0.2, 0) is 15.1 Å². The van der Waals surface area contributed by atoms with E-state index in [1.165, 1.54) is 6.20 Å². The number of nitrogens with zero attached hydrogens (tertiary/aromatic N) is 1. The van der Waals surface area contributed by atoms with Crippen molar-refractivity contribution in [2.45, 2.75) is 36.6 Å². The number of pyridine rings is 1. The van der Waals surface area contributed by atoms with E-state index >= 15 is 0 Å². The van der Waals surface area contributed by atoms with Crippen LogP contribution in [0.15, 0.2) is 77.5 Å². The van der Waals surface area contributed by atoms with Gasteiger partial charge in [-0.15, -0.1) is 6.58 Å². The molecule has 1 saturated heterocycles. The van der Waals surface area contributed by atoms with E-state index < -0.39 is 29.1 Å². The van der Waals surface area contributed by atoms with Gasteiger partial charge >= 0.3 is 5.97 Å². The third-order valence-electron chi connectivity index (χ3n) is 6.67. The third-order valence-corrected chi connectivity index (χ3v) is 7.46. The zero-order valence-corrected chi connectivity index (χ0v) is 19.6. The van der Waals surface area contributed by atoms with Crippen LogP contribution < -0.4 is 4.74 Å². The maximum Gasteiger partial charge on any atom is 0.314 e. The number of aromatic nitrogens is 1. The summed E-state index contributed by atoms with van der Waals surface area (Å²) < 4.78 is 13.1. The SMILES string of the molecule is C=CC/C(Br)=C\C=C(/C)[C@@]12Oc3cc(Cl)cnc3[C@]1(O)[C@@H]1OC(=O)[C@@H]1[C@H]2c1ccccc1. The monoisotopic (exact) mass is 513 g/mol. The van der Waals surface area contributed by atoms with Gasteiger partial charge in [-0.05, 0) is 29.0 Å². The maximum absolute atomic E-state index is 12.7. The molecule has 0 spiro atoms. The van der Waals surface area contributed by atoms with Gasteiger partial charge in [0.2, 0.25) is 0 Å². The second-order valence-corrected chi connectivity index (χ2v) is 9.79. The van der Waals surface area contributed by atoms with Crippen molar-refractivity contribution in [1.82, 2.24) is 4.98 Å². The predicted octanol–water partition coefficient (Wildman–Crippen LogP) is 5.19. The van der Waals surface area contributed by atoms with Gasteiger partial charge in [0.05, 0.1) is 5.02 Å². The molecule has 2 aromatic rings. The first kappa shape index (κ1) is 21.4. The van der Waals surface area contributed by atoms with E-state index in [-0.39, 0.29) is 5.97 Å². The highest BCUT2D eigenvalue weighted by molar-refractivity contribution is 9.11. The van der Waals surface area contributed by atoms with Gasteiger partial charge in [-0.3, -0.25) is 9.78 Å². The number of carbonyl (C=O) groups excluding carboxylic acids is 1. The Morgan fingerprint density at radius 3 is 2.78 bits per heavy atom. The first-order chi connectivity index (χ1) is 15.3. The van der Waals surface area contributed by atoms with E-state index in [4.69, 9.17) is 21.1 Å². The number of benzene rings is 1. The Bertz CT molecular complexity index is 1180. The molecule has 164 valence electrons. The van der Waals surface area contributed by atoms with Crippen molar-refractivity contribution >= 4 is 33.5 Å². The molecule has 3 aliphatic rings. The molecule has 1 aliphatic carbocycles. The summed E-state index contributed by atoms with van der Waals surface area (Å²) in [5, 5.41) is 12.7. The lowest BCUT2D eigenvalue weighted by Gasteiger charge is -2.40. The highest BCUT2D eigenvalue weighted by atomic mass is 79.9. The summed E-state index contributed by atoms with van der Waals surface area (Å²) in [6.07, 6.45) is 6.96. The van der Waals surface area contributed by atoms with Crippen LogP contribution in [0.2, 0.25) is 5.02 Å². The molecule has 7 heteroatoms. The van der Waals surface area contributed by atoms with Crippen LogP contribution in [0.25, 0.3) is 0 Å². The minimum Gasteiger partial charge on any atom is -0.476 e. The molecular weight excluding hydrogens is 494 g/mol. The number of halogens is 2. The van der Waals surface area contributed by atoms with Gasteiger partial charge in [-0.25, -0.2) is 0 Å². The molecule has 1 aromatic carbocycles.